The first-order chi connectivity index (χ1) is 9.25. The molecule has 0 saturated heterocycles. The summed E-state index contributed by atoms with van der Waals surface area (Å²) >= 11 is 1.76. The zero-order valence-corrected chi connectivity index (χ0v) is 12.0. The lowest BCUT2D eigenvalue weighted by Crippen LogP contribution is -2.22. The normalized spacial score (nSPS) is 10.4. The van der Waals surface area contributed by atoms with E-state index in [0.29, 0.717) is 13.0 Å². The van der Waals surface area contributed by atoms with Gasteiger partial charge in [-0.2, -0.15) is 0 Å². The Bertz CT molecular complexity index is 519. The first kappa shape index (κ1) is 13.8. The summed E-state index contributed by atoms with van der Waals surface area (Å²) in [4.78, 5) is 13.1. The number of hydrogen-bond acceptors (Lipinski definition) is 2. The first-order valence-corrected chi connectivity index (χ1v) is 7.47. The zero-order chi connectivity index (χ0) is 13.5. The van der Waals surface area contributed by atoms with Crippen molar-refractivity contribution in [2.24, 2.45) is 0 Å². The van der Waals surface area contributed by atoms with Gasteiger partial charge in [0, 0.05) is 17.8 Å². The van der Waals surface area contributed by atoms with Crippen molar-refractivity contribution >= 4 is 17.2 Å². The number of benzene rings is 1. The number of carbonyl (C=O) groups excluding carboxylic acids is 1. The van der Waals surface area contributed by atoms with Crippen molar-refractivity contribution in [2.45, 2.75) is 32.7 Å². The second-order valence-electron chi connectivity index (χ2n) is 4.64. The molecule has 0 radical (unpaired) electrons. The number of amides is 1. The molecule has 1 aromatic heterocycles. The molecule has 19 heavy (non-hydrogen) atoms. The van der Waals surface area contributed by atoms with E-state index in [2.05, 4.69) is 41.9 Å². The molecular weight excluding hydrogens is 254 g/mol. The van der Waals surface area contributed by atoms with Gasteiger partial charge in [0.05, 0.1) is 0 Å². The summed E-state index contributed by atoms with van der Waals surface area (Å²) in [5.74, 6) is 0.139. The van der Waals surface area contributed by atoms with Gasteiger partial charge in [0.15, 0.2) is 0 Å². The van der Waals surface area contributed by atoms with Gasteiger partial charge in [0.25, 0.3) is 0 Å². The van der Waals surface area contributed by atoms with Crippen molar-refractivity contribution in [3.05, 3.63) is 57.8 Å². The molecule has 0 atom stereocenters. The van der Waals surface area contributed by atoms with Gasteiger partial charge >= 0.3 is 0 Å². The van der Waals surface area contributed by atoms with Crippen LogP contribution in [0.15, 0.2) is 41.8 Å². The summed E-state index contributed by atoms with van der Waals surface area (Å²) in [6, 6.07) is 12.3. The number of thiophene rings is 1. The molecule has 0 spiro atoms. The van der Waals surface area contributed by atoms with Crippen LogP contribution in [0.4, 0.5) is 0 Å². The van der Waals surface area contributed by atoms with Crippen LogP contribution in [0, 0.1) is 6.92 Å². The summed E-state index contributed by atoms with van der Waals surface area (Å²) in [7, 11) is 0. The fourth-order valence-corrected chi connectivity index (χ4v) is 2.72. The van der Waals surface area contributed by atoms with Crippen LogP contribution in [0.5, 0.6) is 0 Å². The predicted octanol–water partition coefficient (Wildman–Crippen LogP) is 3.70. The molecule has 0 fully saturated rings. The smallest absolute Gasteiger partial charge is 0.220 e. The molecular formula is C16H19NOS. The van der Waals surface area contributed by atoms with Crippen LogP contribution in [0.25, 0.3) is 0 Å². The van der Waals surface area contributed by atoms with Gasteiger partial charge < -0.3 is 5.32 Å². The molecule has 2 aromatic rings. The topological polar surface area (TPSA) is 29.1 Å². The summed E-state index contributed by atoms with van der Waals surface area (Å²) < 4.78 is 0. The third-order valence-corrected chi connectivity index (χ3v) is 4.08. The summed E-state index contributed by atoms with van der Waals surface area (Å²) in [5.41, 5.74) is 2.41. The molecule has 0 aliphatic carbocycles. The first-order valence-electron chi connectivity index (χ1n) is 6.59. The Morgan fingerprint density at radius 1 is 1.21 bits per heavy atom. The molecule has 0 unspecified atom stereocenters. The lowest BCUT2D eigenvalue weighted by atomic mass is 10.1. The van der Waals surface area contributed by atoms with E-state index in [4.69, 9.17) is 0 Å². The van der Waals surface area contributed by atoms with E-state index in [0.717, 1.165) is 12.8 Å². The molecule has 0 aliphatic rings. The maximum absolute atomic E-state index is 11.7. The van der Waals surface area contributed by atoms with E-state index in [9.17, 15) is 4.79 Å². The Morgan fingerprint density at radius 2 is 2.05 bits per heavy atom. The SMILES string of the molecule is Cc1ccccc1CNC(=O)CCCc1cccs1. The van der Waals surface area contributed by atoms with Gasteiger partial charge in [-0.05, 0) is 42.3 Å². The molecule has 0 saturated carbocycles. The molecule has 2 rings (SSSR count). The molecule has 1 N–H and O–H groups in total. The highest BCUT2D eigenvalue weighted by Gasteiger charge is 2.03. The molecule has 0 bridgehead atoms. The van der Waals surface area contributed by atoms with Crippen molar-refractivity contribution in [1.82, 2.24) is 5.32 Å². The number of hydrogen-bond donors (Lipinski definition) is 1. The van der Waals surface area contributed by atoms with E-state index in [1.54, 1.807) is 11.3 Å². The average molecular weight is 273 g/mol. The monoisotopic (exact) mass is 273 g/mol. The molecule has 3 heteroatoms. The van der Waals surface area contributed by atoms with E-state index in [-0.39, 0.29) is 5.91 Å². The Labute approximate surface area is 118 Å². The van der Waals surface area contributed by atoms with E-state index >= 15 is 0 Å². The molecule has 1 heterocycles. The minimum atomic E-state index is 0.139. The summed E-state index contributed by atoms with van der Waals surface area (Å²) in [6.45, 7) is 2.70. The molecule has 0 aliphatic heterocycles. The minimum absolute atomic E-state index is 0.139. The minimum Gasteiger partial charge on any atom is -0.352 e. The van der Waals surface area contributed by atoms with Crippen LogP contribution < -0.4 is 5.32 Å². The van der Waals surface area contributed by atoms with Crippen LogP contribution in [0.1, 0.15) is 28.8 Å². The average Bonchev–Trinajstić information content (AvgIpc) is 2.91. The number of aryl methyl sites for hydroxylation is 2. The van der Waals surface area contributed by atoms with Crippen LogP contribution in [-0.2, 0) is 17.8 Å². The van der Waals surface area contributed by atoms with E-state index in [1.165, 1.54) is 16.0 Å². The van der Waals surface area contributed by atoms with Gasteiger partial charge in [-0.25, -0.2) is 0 Å². The standard InChI is InChI=1S/C16H19NOS/c1-13-6-2-3-7-14(13)12-17-16(18)10-4-8-15-9-5-11-19-15/h2-3,5-7,9,11H,4,8,10,12H2,1H3,(H,17,18). The zero-order valence-electron chi connectivity index (χ0n) is 11.2. The maximum atomic E-state index is 11.7. The highest BCUT2D eigenvalue weighted by Crippen LogP contribution is 2.12. The Morgan fingerprint density at radius 3 is 2.79 bits per heavy atom. The van der Waals surface area contributed by atoms with Crippen molar-refractivity contribution in [3.63, 3.8) is 0 Å². The van der Waals surface area contributed by atoms with E-state index < -0.39 is 0 Å². The summed E-state index contributed by atoms with van der Waals surface area (Å²) in [5, 5.41) is 5.06. The third kappa shape index (κ3) is 4.52. The van der Waals surface area contributed by atoms with Gasteiger partial charge in [-0.15, -0.1) is 11.3 Å². The van der Waals surface area contributed by atoms with Gasteiger partial charge in [0.2, 0.25) is 5.91 Å². The largest absolute Gasteiger partial charge is 0.352 e. The van der Waals surface area contributed by atoms with Gasteiger partial charge in [-0.1, -0.05) is 30.3 Å². The maximum Gasteiger partial charge on any atom is 0.220 e. The fraction of sp³-hybridized carbons (Fsp3) is 0.312. The highest BCUT2D eigenvalue weighted by molar-refractivity contribution is 7.09. The second kappa shape index (κ2) is 7.10. The van der Waals surface area contributed by atoms with Crippen molar-refractivity contribution in [2.75, 3.05) is 0 Å². The Hall–Kier alpha value is -1.61. The Balaban J connectivity index is 1.69. The van der Waals surface area contributed by atoms with Crippen molar-refractivity contribution < 1.29 is 4.79 Å². The number of nitrogens with one attached hydrogen (secondary N) is 1. The van der Waals surface area contributed by atoms with Crippen molar-refractivity contribution in [1.29, 1.82) is 0 Å². The van der Waals surface area contributed by atoms with Crippen LogP contribution in [0.2, 0.25) is 0 Å². The molecule has 2 nitrogen and oxygen atoms in total. The summed E-state index contributed by atoms with van der Waals surface area (Å²) in [6.07, 6.45) is 2.51. The number of carbonyl (C=O) groups is 1. The molecule has 1 amide bonds. The lowest BCUT2D eigenvalue weighted by Gasteiger charge is -2.07. The predicted molar refractivity (Wildman–Crippen MR) is 80.3 cm³/mol. The Kier molecular flexibility index (Phi) is 5.16. The third-order valence-electron chi connectivity index (χ3n) is 3.14. The van der Waals surface area contributed by atoms with Crippen LogP contribution >= 0.6 is 11.3 Å². The fourth-order valence-electron chi connectivity index (χ4n) is 1.97. The highest BCUT2D eigenvalue weighted by atomic mass is 32.1. The number of rotatable bonds is 6. The van der Waals surface area contributed by atoms with Crippen LogP contribution in [-0.4, -0.2) is 5.91 Å². The quantitative estimate of drug-likeness (QED) is 0.854. The van der Waals surface area contributed by atoms with Crippen LogP contribution in [0.3, 0.4) is 0 Å². The van der Waals surface area contributed by atoms with Crippen molar-refractivity contribution in [3.8, 4) is 0 Å². The van der Waals surface area contributed by atoms with Gasteiger partial charge in [0.1, 0.15) is 0 Å². The second-order valence-corrected chi connectivity index (χ2v) is 5.67. The molecule has 1 aromatic carbocycles. The molecule has 100 valence electrons. The van der Waals surface area contributed by atoms with Gasteiger partial charge in [-0.3, -0.25) is 4.79 Å². The van der Waals surface area contributed by atoms with E-state index in [1.807, 2.05) is 12.1 Å². The lowest BCUT2D eigenvalue weighted by molar-refractivity contribution is -0.121.